The van der Waals surface area contributed by atoms with Gasteiger partial charge in [-0.2, -0.15) is 8.42 Å². The third-order valence-electron chi connectivity index (χ3n) is 1.02. The van der Waals surface area contributed by atoms with E-state index in [0.717, 1.165) is 0 Å². The number of aliphatic carboxylic acids is 1. The van der Waals surface area contributed by atoms with Gasteiger partial charge < -0.3 is 5.11 Å². The lowest BCUT2D eigenvalue weighted by Gasteiger charge is -1.97. The Labute approximate surface area is 70.1 Å². The summed E-state index contributed by atoms with van der Waals surface area (Å²) in [5.74, 6) is -0.943. The van der Waals surface area contributed by atoms with E-state index < -0.39 is 16.4 Å². The first-order valence-electron chi connectivity index (χ1n) is 3.25. The van der Waals surface area contributed by atoms with Crippen molar-refractivity contribution < 1.29 is 27.1 Å². The standard InChI is InChI=1S/C5H10O6S/c6-5(7)3-1-2-4-11-12(8,9)10/h1-4H2,(H,6,7)(H,8,9,10). The van der Waals surface area contributed by atoms with Crippen LogP contribution in [0.5, 0.6) is 0 Å². The molecule has 6 nitrogen and oxygen atoms in total. The Bertz CT molecular complexity index is 230. The Morgan fingerprint density at radius 1 is 1.33 bits per heavy atom. The van der Waals surface area contributed by atoms with Crippen molar-refractivity contribution >= 4 is 16.4 Å². The fourth-order valence-corrected chi connectivity index (χ4v) is 0.871. The number of carbonyl (C=O) groups is 1. The predicted octanol–water partition coefficient (Wildman–Crippen LogP) is 0.0607. The van der Waals surface area contributed by atoms with Crippen LogP contribution in [-0.4, -0.2) is 30.7 Å². The maximum absolute atomic E-state index is 9.95. The van der Waals surface area contributed by atoms with Gasteiger partial charge in [-0.3, -0.25) is 9.35 Å². The van der Waals surface area contributed by atoms with E-state index in [1.807, 2.05) is 0 Å². The zero-order valence-corrected chi connectivity index (χ0v) is 7.08. The maximum atomic E-state index is 9.95. The monoisotopic (exact) mass is 198 g/mol. The van der Waals surface area contributed by atoms with Crippen molar-refractivity contribution in [2.45, 2.75) is 19.3 Å². The summed E-state index contributed by atoms with van der Waals surface area (Å²) in [5.41, 5.74) is 0. The third kappa shape index (κ3) is 9.34. The molecule has 0 saturated heterocycles. The number of carboxylic acid groups (broad SMARTS) is 1. The van der Waals surface area contributed by atoms with Gasteiger partial charge in [0.05, 0.1) is 6.61 Å². The largest absolute Gasteiger partial charge is 0.481 e. The highest BCUT2D eigenvalue weighted by Gasteiger charge is 2.03. The molecule has 0 heterocycles. The fraction of sp³-hybridized carbons (Fsp3) is 0.800. The molecule has 7 heteroatoms. The molecule has 0 aromatic rings. The lowest BCUT2D eigenvalue weighted by Crippen LogP contribution is -2.05. The number of carboxylic acids is 1. The lowest BCUT2D eigenvalue weighted by molar-refractivity contribution is -0.137. The van der Waals surface area contributed by atoms with Crippen LogP contribution in [0, 0.1) is 0 Å². The molecular formula is C5H10O6S. The molecule has 0 amide bonds. The highest BCUT2D eigenvalue weighted by atomic mass is 32.3. The highest BCUT2D eigenvalue weighted by molar-refractivity contribution is 7.80. The summed E-state index contributed by atoms with van der Waals surface area (Å²) >= 11 is 0. The molecule has 0 aliphatic rings. The van der Waals surface area contributed by atoms with E-state index in [-0.39, 0.29) is 19.4 Å². The Balaban J connectivity index is 3.29. The summed E-state index contributed by atoms with van der Waals surface area (Å²) in [5, 5.41) is 8.16. The Morgan fingerprint density at radius 2 is 1.92 bits per heavy atom. The third-order valence-corrected chi connectivity index (χ3v) is 1.48. The van der Waals surface area contributed by atoms with Gasteiger partial charge in [-0.15, -0.1) is 0 Å². The molecule has 0 bridgehead atoms. The lowest BCUT2D eigenvalue weighted by atomic mass is 10.2. The molecule has 0 aliphatic carbocycles. The molecule has 0 spiro atoms. The van der Waals surface area contributed by atoms with Gasteiger partial charge in [0.15, 0.2) is 0 Å². The molecular weight excluding hydrogens is 188 g/mol. The molecule has 0 aromatic heterocycles. The summed E-state index contributed by atoms with van der Waals surface area (Å²) in [6.45, 7) is -0.188. The molecule has 0 radical (unpaired) electrons. The Hall–Kier alpha value is -0.660. The number of rotatable bonds is 6. The second-order valence-electron chi connectivity index (χ2n) is 2.10. The van der Waals surface area contributed by atoms with Crippen LogP contribution in [0.15, 0.2) is 0 Å². The van der Waals surface area contributed by atoms with Crippen LogP contribution in [0.3, 0.4) is 0 Å². The van der Waals surface area contributed by atoms with Gasteiger partial charge in [0.1, 0.15) is 0 Å². The van der Waals surface area contributed by atoms with Crippen molar-refractivity contribution in [2.24, 2.45) is 0 Å². The van der Waals surface area contributed by atoms with E-state index in [1.54, 1.807) is 0 Å². The first kappa shape index (κ1) is 11.3. The van der Waals surface area contributed by atoms with Crippen molar-refractivity contribution in [3.05, 3.63) is 0 Å². The van der Waals surface area contributed by atoms with Gasteiger partial charge in [-0.05, 0) is 12.8 Å². The van der Waals surface area contributed by atoms with Crippen LogP contribution < -0.4 is 0 Å². The van der Waals surface area contributed by atoms with Gasteiger partial charge in [0.2, 0.25) is 0 Å². The second kappa shape index (κ2) is 5.07. The average molecular weight is 198 g/mol. The molecule has 0 aliphatic heterocycles. The number of hydrogen-bond acceptors (Lipinski definition) is 4. The molecule has 0 atom stereocenters. The number of hydrogen-bond donors (Lipinski definition) is 2. The molecule has 2 N–H and O–H groups in total. The smallest absolute Gasteiger partial charge is 0.397 e. The summed E-state index contributed by atoms with van der Waals surface area (Å²) in [6, 6.07) is 0. The normalized spacial score (nSPS) is 11.4. The predicted molar refractivity (Wildman–Crippen MR) is 39.0 cm³/mol. The van der Waals surface area contributed by atoms with Crippen LogP contribution in [0.1, 0.15) is 19.3 Å². The topological polar surface area (TPSA) is 101 Å². The van der Waals surface area contributed by atoms with Gasteiger partial charge >= 0.3 is 16.4 Å². The average Bonchev–Trinajstić information content (AvgIpc) is 1.83. The summed E-state index contributed by atoms with van der Waals surface area (Å²) in [6.07, 6.45) is 0.575. The Morgan fingerprint density at radius 3 is 2.33 bits per heavy atom. The first-order valence-corrected chi connectivity index (χ1v) is 4.62. The van der Waals surface area contributed by atoms with Gasteiger partial charge in [-0.25, -0.2) is 4.18 Å². The Kier molecular flexibility index (Phi) is 4.79. The summed E-state index contributed by atoms with van der Waals surface area (Å²) < 4.78 is 31.9. The minimum atomic E-state index is -4.37. The van der Waals surface area contributed by atoms with Gasteiger partial charge in [-0.1, -0.05) is 0 Å². The van der Waals surface area contributed by atoms with Crippen molar-refractivity contribution in [3.8, 4) is 0 Å². The molecule has 0 fully saturated rings. The summed E-state index contributed by atoms with van der Waals surface area (Å²) in [7, 11) is -4.37. The molecule has 0 rings (SSSR count). The quantitative estimate of drug-likeness (QED) is 0.462. The minimum absolute atomic E-state index is 0.0329. The van der Waals surface area contributed by atoms with E-state index >= 15 is 0 Å². The molecule has 0 aromatic carbocycles. The van der Waals surface area contributed by atoms with Crippen LogP contribution in [-0.2, 0) is 19.4 Å². The van der Waals surface area contributed by atoms with Crippen molar-refractivity contribution in [1.82, 2.24) is 0 Å². The SMILES string of the molecule is O=C(O)CCCCOS(=O)(=O)O. The number of unbranched alkanes of at least 4 members (excludes halogenated alkanes) is 1. The maximum Gasteiger partial charge on any atom is 0.397 e. The fourth-order valence-electron chi connectivity index (χ4n) is 0.543. The van der Waals surface area contributed by atoms with Crippen LogP contribution in [0.4, 0.5) is 0 Å². The highest BCUT2D eigenvalue weighted by Crippen LogP contribution is 1.97. The van der Waals surface area contributed by atoms with Gasteiger partial charge in [0, 0.05) is 6.42 Å². The van der Waals surface area contributed by atoms with E-state index in [0.29, 0.717) is 6.42 Å². The van der Waals surface area contributed by atoms with Gasteiger partial charge in [0.25, 0.3) is 0 Å². The summed E-state index contributed by atoms with van der Waals surface area (Å²) in [4.78, 5) is 9.95. The zero-order valence-electron chi connectivity index (χ0n) is 6.26. The van der Waals surface area contributed by atoms with E-state index in [4.69, 9.17) is 9.66 Å². The first-order chi connectivity index (χ1) is 5.42. The van der Waals surface area contributed by atoms with Crippen molar-refractivity contribution in [2.75, 3.05) is 6.61 Å². The van der Waals surface area contributed by atoms with Crippen molar-refractivity contribution in [1.29, 1.82) is 0 Å². The minimum Gasteiger partial charge on any atom is -0.481 e. The molecule has 0 saturated carbocycles. The molecule has 12 heavy (non-hydrogen) atoms. The zero-order chi connectivity index (χ0) is 9.61. The van der Waals surface area contributed by atoms with Crippen LogP contribution in [0.2, 0.25) is 0 Å². The van der Waals surface area contributed by atoms with Crippen molar-refractivity contribution in [3.63, 3.8) is 0 Å². The molecule has 0 unspecified atom stereocenters. The van der Waals surface area contributed by atoms with E-state index in [1.165, 1.54) is 0 Å². The van der Waals surface area contributed by atoms with Crippen LogP contribution >= 0.6 is 0 Å². The second-order valence-corrected chi connectivity index (χ2v) is 3.19. The van der Waals surface area contributed by atoms with Crippen LogP contribution in [0.25, 0.3) is 0 Å². The molecule has 72 valence electrons. The van der Waals surface area contributed by atoms with E-state index in [9.17, 15) is 13.2 Å². The van der Waals surface area contributed by atoms with E-state index in [2.05, 4.69) is 4.18 Å².